The minimum atomic E-state index is 0.448. The van der Waals surface area contributed by atoms with Crippen molar-refractivity contribution in [3.63, 3.8) is 0 Å². The standard InChI is InChI=1S/C14H31N/c1-8-15-11-14(7,12(2)3)10-9-13(4,5)6/h12,15H,8-11H2,1-7H3. The molecule has 0 spiro atoms. The van der Waals surface area contributed by atoms with Gasteiger partial charge >= 0.3 is 0 Å². The molecule has 0 aromatic heterocycles. The maximum Gasteiger partial charge on any atom is 0.000750 e. The summed E-state index contributed by atoms with van der Waals surface area (Å²) in [6.45, 7) is 18.5. The van der Waals surface area contributed by atoms with Gasteiger partial charge in [0.25, 0.3) is 0 Å². The second-order valence-corrected chi connectivity index (χ2v) is 6.65. The molecule has 0 aliphatic carbocycles. The molecule has 0 aromatic carbocycles. The van der Waals surface area contributed by atoms with Gasteiger partial charge in [-0.1, -0.05) is 48.5 Å². The summed E-state index contributed by atoms with van der Waals surface area (Å²) in [6.07, 6.45) is 2.63. The highest BCUT2D eigenvalue weighted by Crippen LogP contribution is 2.35. The van der Waals surface area contributed by atoms with Crippen molar-refractivity contribution in [2.24, 2.45) is 16.7 Å². The number of hydrogen-bond donors (Lipinski definition) is 1. The Morgan fingerprint density at radius 2 is 1.53 bits per heavy atom. The highest BCUT2D eigenvalue weighted by atomic mass is 14.9. The first-order chi connectivity index (χ1) is 6.71. The molecule has 0 fully saturated rings. The number of nitrogens with one attached hydrogen (secondary N) is 1. The van der Waals surface area contributed by atoms with Crippen molar-refractivity contribution < 1.29 is 0 Å². The van der Waals surface area contributed by atoms with E-state index < -0.39 is 0 Å². The second-order valence-electron chi connectivity index (χ2n) is 6.65. The van der Waals surface area contributed by atoms with E-state index in [2.05, 4.69) is 53.8 Å². The largest absolute Gasteiger partial charge is 0.316 e. The van der Waals surface area contributed by atoms with Crippen LogP contribution in [0.5, 0.6) is 0 Å². The second kappa shape index (κ2) is 5.89. The van der Waals surface area contributed by atoms with E-state index in [0.29, 0.717) is 10.8 Å². The molecule has 1 nitrogen and oxygen atoms in total. The van der Waals surface area contributed by atoms with E-state index >= 15 is 0 Å². The summed E-state index contributed by atoms with van der Waals surface area (Å²) in [6, 6.07) is 0. The number of hydrogen-bond acceptors (Lipinski definition) is 1. The van der Waals surface area contributed by atoms with E-state index in [1.54, 1.807) is 0 Å². The molecule has 0 saturated carbocycles. The fourth-order valence-corrected chi connectivity index (χ4v) is 1.65. The molecule has 1 heteroatoms. The van der Waals surface area contributed by atoms with Crippen LogP contribution >= 0.6 is 0 Å². The minimum Gasteiger partial charge on any atom is -0.316 e. The molecule has 15 heavy (non-hydrogen) atoms. The van der Waals surface area contributed by atoms with Crippen molar-refractivity contribution in [3.8, 4) is 0 Å². The van der Waals surface area contributed by atoms with Crippen molar-refractivity contribution in [2.75, 3.05) is 13.1 Å². The van der Waals surface area contributed by atoms with Gasteiger partial charge in [-0.3, -0.25) is 0 Å². The van der Waals surface area contributed by atoms with Gasteiger partial charge in [-0.2, -0.15) is 0 Å². The molecule has 0 aliphatic heterocycles. The maximum absolute atomic E-state index is 3.51. The van der Waals surface area contributed by atoms with Gasteiger partial charge in [0, 0.05) is 6.54 Å². The van der Waals surface area contributed by atoms with Gasteiger partial charge in [0.15, 0.2) is 0 Å². The van der Waals surface area contributed by atoms with Crippen LogP contribution in [0.2, 0.25) is 0 Å². The van der Waals surface area contributed by atoms with E-state index in [-0.39, 0.29) is 0 Å². The normalized spacial score (nSPS) is 16.8. The van der Waals surface area contributed by atoms with E-state index in [4.69, 9.17) is 0 Å². The lowest BCUT2D eigenvalue weighted by Gasteiger charge is -2.36. The SMILES string of the molecule is CCNCC(C)(CCC(C)(C)C)C(C)C. The van der Waals surface area contributed by atoms with Crippen LogP contribution in [0.1, 0.15) is 61.3 Å². The molecule has 0 aromatic rings. The fourth-order valence-electron chi connectivity index (χ4n) is 1.65. The monoisotopic (exact) mass is 213 g/mol. The fraction of sp³-hybridized carbons (Fsp3) is 1.00. The zero-order chi connectivity index (χ0) is 12.1. The average Bonchev–Trinajstić information content (AvgIpc) is 2.10. The Morgan fingerprint density at radius 3 is 1.87 bits per heavy atom. The van der Waals surface area contributed by atoms with Crippen LogP contribution in [0.25, 0.3) is 0 Å². The van der Waals surface area contributed by atoms with Crippen molar-refractivity contribution in [1.29, 1.82) is 0 Å². The molecule has 0 radical (unpaired) electrons. The first-order valence-corrected chi connectivity index (χ1v) is 6.42. The van der Waals surface area contributed by atoms with Crippen LogP contribution in [-0.4, -0.2) is 13.1 Å². The topological polar surface area (TPSA) is 12.0 Å². The quantitative estimate of drug-likeness (QED) is 0.701. The lowest BCUT2D eigenvalue weighted by atomic mass is 9.72. The van der Waals surface area contributed by atoms with Gasteiger partial charge in [0.05, 0.1) is 0 Å². The summed E-state index contributed by atoms with van der Waals surface area (Å²) >= 11 is 0. The Morgan fingerprint density at radius 1 is 1.00 bits per heavy atom. The van der Waals surface area contributed by atoms with E-state index in [0.717, 1.165) is 19.0 Å². The zero-order valence-corrected chi connectivity index (χ0v) is 11.9. The van der Waals surface area contributed by atoms with E-state index in [1.807, 2.05) is 0 Å². The highest BCUT2D eigenvalue weighted by Gasteiger charge is 2.29. The lowest BCUT2D eigenvalue weighted by Crippen LogP contribution is -2.36. The number of rotatable bonds is 6. The predicted octanol–water partition coefficient (Wildman–Crippen LogP) is 4.08. The Kier molecular flexibility index (Phi) is 5.87. The third-order valence-corrected chi connectivity index (χ3v) is 3.62. The molecule has 0 amide bonds. The molecule has 1 atom stereocenters. The molecule has 0 saturated heterocycles. The summed E-state index contributed by atoms with van der Waals surface area (Å²) in [5.74, 6) is 0.749. The van der Waals surface area contributed by atoms with Crippen LogP contribution in [0.15, 0.2) is 0 Å². The molecular formula is C14H31N. The van der Waals surface area contributed by atoms with E-state index in [1.165, 1.54) is 12.8 Å². The van der Waals surface area contributed by atoms with Crippen LogP contribution in [0.3, 0.4) is 0 Å². The van der Waals surface area contributed by atoms with Crippen LogP contribution < -0.4 is 5.32 Å². The first-order valence-electron chi connectivity index (χ1n) is 6.42. The smallest absolute Gasteiger partial charge is 0.000750 e. The van der Waals surface area contributed by atoms with Crippen molar-refractivity contribution in [2.45, 2.75) is 61.3 Å². The van der Waals surface area contributed by atoms with Gasteiger partial charge in [0.2, 0.25) is 0 Å². The summed E-state index contributed by atoms with van der Waals surface area (Å²) in [5, 5.41) is 3.51. The van der Waals surface area contributed by atoms with Gasteiger partial charge in [-0.25, -0.2) is 0 Å². The van der Waals surface area contributed by atoms with Crippen LogP contribution in [0.4, 0.5) is 0 Å². The van der Waals surface area contributed by atoms with E-state index in [9.17, 15) is 0 Å². The lowest BCUT2D eigenvalue weighted by molar-refractivity contribution is 0.162. The Labute approximate surface area is 97.0 Å². The van der Waals surface area contributed by atoms with Gasteiger partial charge in [-0.05, 0) is 36.1 Å². The molecule has 0 aliphatic rings. The highest BCUT2D eigenvalue weighted by molar-refractivity contribution is 4.82. The zero-order valence-electron chi connectivity index (χ0n) is 11.9. The van der Waals surface area contributed by atoms with Crippen LogP contribution in [0, 0.1) is 16.7 Å². The predicted molar refractivity (Wildman–Crippen MR) is 70.2 cm³/mol. The van der Waals surface area contributed by atoms with Crippen molar-refractivity contribution in [3.05, 3.63) is 0 Å². The molecule has 1 N–H and O–H groups in total. The van der Waals surface area contributed by atoms with Crippen molar-refractivity contribution in [1.82, 2.24) is 5.32 Å². The third-order valence-electron chi connectivity index (χ3n) is 3.62. The molecule has 1 unspecified atom stereocenters. The summed E-state index contributed by atoms with van der Waals surface area (Å²) in [5.41, 5.74) is 0.908. The maximum atomic E-state index is 3.51. The van der Waals surface area contributed by atoms with Gasteiger partial charge < -0.3 is 5.32 Å². The molecule has 0 rings (SSSR count). The van der Waals surface area contributed by atoms with Gasteiger partial charge in [-0.15, -0.1) is 0 Å². The van der Waals surface area contributed by atoms with Gasteiger partial charge in [0.1, 0.15) is 0 Å². The Balaban J connectivity index is 4.25. The summed E-state index contributed by atoms with van der Waals surface area (Å²) in [7, 11) is 0. The molecule has 0 heterocycles. The third kappa shape index (κ3) is 6.19. The summed E-state index contributed by atoms with van der Waals surface area (Å²) in [4.78, 5) is 0. The van der Waals surface area contributed by atoms with Crippen molar-refractivity contribution >= 4 is 0 Å². The van der Waals surface area contributed by atoms with Crippen LogP contribution in [-0.2, 0) is 0 Å². The molecule has 0 bridgehead atoms. The Bertz CT molecular complexity index is 167. The average molecular weight is 213 g/mol. The molecule has 92 valence electrons. The minimum absolute atomic E-state index is 0.448. The Hall–Kier alpha value is -0.0400. The molecular weight excluding hydrogens is 182 g/mol. The first kappa shape index (κ1) is 15.0. The summed E-state index contributed by atoms with van der Waals surface area (Å²) < 4.78 is 0.